The van der Waals surface area contributed by atoms with Crippen molar-refractivity contribution in [3.63, 3.8) is 0 Å². The van der Waals surface area contributed by atoms with Gasteiger partial charge in [0.1, 0.15) is 10.6 Å². The van der Waals surface area contributed by atoms with Crippen molar-refractivity contribution in [2.75, 3.05) is 18.5 Å². The zero-order chi connectivity index (χ0) is 18.1. The molecule has 1 aromatic carbocycles. The predicted molar refractivity (Wildman–Crippen MR) is 96.1 cm³/mol. The Kier molecular flexibility index (Phi) is 4.46. The summed E-state index contributed by atoms with van der Waals surface area (Å²) in [5.41, 5.74) is 2.03. The standard InChI is InChI=1S/C19H17NO5S/c21-14(11-5-6-15-13(7-11)20-18(22)10-24-15)9-25-19(23)17-8-12-3-1-2-4-16(12)26-17/h5-8H,1-4,9-10H2,(H,20,22). The minimum Gasteiger partial charge on any atom is -0.482 e. The van der Waals surface area contributed by atoms with Crippen LogP contribution in [0.5, 0.6) is 5.75 Å². The Morgan fingerprint density at radius 1 is 1.19 bits per heavy atom. The molecular weight excluding hydrogens is 354 g/mol. The maximum Gasteiger partial charge on any atom is 0.348 e. The highest BCUT2D eigenvalue weighted by Gasteiger charge is 2.21. The van der Waals surface area contributed by atoms with E-state index < -0.39 is 5.97 Å². The molecule has 134 valence electrons. The van der Waals surface area contributed by atoms with E-state index in [4.69, 9.17) is 9.47 Å². The third kappa shape index (κ3) is 3.35. The van der Waals surface area contributed by atoms with Gasteiger partial charge in [0.25, 0.3) is 5.91 Å². The predicted octanol–water partition coefficient (Wildman–Crippen LogP) is 3.00. The maximum absolute atomic E-state index is 12.3. The zero-order valence-corrected chi connectivity index (χ0v) is 14.8. The fourth-order valence-electron chi connectivity index (χ4n) is 3.13. The number of Topliss-reactive ketones (excluding diaryl/α,β-unsaturated/α-hetero) is 1. The van der Waals surface area contributed by atoms with Crippen LogP contribution < -0.4 is 10.1 Å². The topological polar surface area (TPSA) is 81.7 Å². The van der Waals surface area contributed by atoms with E-state index in [-0.39, 0.29) is 24.9 Å². The molecular formula is C19H17NO5S. The van der Waals surface area contributed by atoms with E-state index >= 15 is 0 Å². The van der Waals surface area contributed by atoms with E-state index in [0.29, 0.717) is 21.9 Å². The molecule has 4 rings (SSSR count). The first-order valence-electron chi connectivity index (χ1n) is 8.49. The molecule has 7 heteroatoms. The fourth-order valence-corrected chi connectivity index (χ4v) is 4.28. The quantitative estimate of drug-likeness (QED) is 0.660. The van der Waals surface area contributed by atoms with Crippen LogP contribution in [0.25, 0.3) is 0 Å². The number of esters is 1. The molecule has 1 aliphatic heterocycles. The number of anilines is 1. The number of benzene rings is 1. The second-order valence-corrected chi connectivity index (χ2v) is 7.45. The van der Waals surface area contributed by atoms with Crippen molar-refractivity contribution in [2.45, 2.75) is 25.7 Å². The number of ether oxygens (including phenoxy) is 2. The van der Waals surface area contributed by atoms with Gasteiger partial charge >= 0.3 is 5.97 Å². The van der Waals surface area contributed by atoms with Crippen LogP contribution in [0.15, 0.2) is 24.3 Å². The van der Waals surface area contributed by atoms with Gasteiger partial charge in [0.15, 0.2) is 19.0 Å². The van der Waals surface area contributed by atoms with Crippen molar-refractivity contribution in [1.82, 2.24) is 0 Å². The first-order chi connectivity index (χ1) is 12.6. The summed E-state index contributed by atoms with van der Waals surface area (Å²) < 4.78 is 10.4. The number of fused-ring (bicyclic) bond motifs is 2. The normalized spacial score (nSPS) is 15.3. The summed E-state index contributed by atoms with van der Waals surface area (Å²) in [7, 11) is 0. The lowest BCUT2D eigenvalue weighted by molar-refractivity contribution is -0.118. The van der Waals surface area contributed by atoms with Gasteiger partial charge in [0.2, 0.25) is 0 Å². The van der Waals surface area contributed by atoms with Gasteiger partial charge in [-0.2, -0.15) is 0 Å². The summed E-state index contributed by atoms with van der Waals surface area (Å²) in [6.07, 6.45) is 4.31. The van der Waals surface area contributed by atoms with Crippen molar-refractivity contribution in [2.24, 2.45) is 0 Å². The van der Waals surface area contributed by atoms with Crippen LogP contribution in [-0.2, 0) is 22.4 Å². The van der Waals surface area contributed by atoms with Gasteiger partial charge in [0.05, 0.1) is 5.69 Å². The van der Waals surface area contributed by atoms with Crippen LogP contribution in [0.2, 0.25) is 0 Å². The van der Waals surface area contributed by atoms with Gasteiger partial charge in [-0.15, -0.1) is 11.3 Å². The lowest BCUT2D eigenvalue weighted by Crippen LogP contribution is -2.25. The van der Waals surface area contributed by atoms with Crippen LogP contribution in [-0.4, -0.2) is 30.9 Å². The van der Waals surface area contributed by atoms with E-state index in [2.05, 4.69) is 5.32 Å². The molecule has 2 heterocycles. The highest BCUT2D eigenvalue weighted by Crippen LogP contribution is 2.30. The van der Waals surface area contributed by atoms with Crippen LogP contribution in [0.4, 0.5) is 5.69 Å². The third-order valence-corrected chi connectivity index (χ3v) is 5.68. The Morgan fingerprint density at radius 2 is 2.04 bits per heavy atom. The van der Waals surface area contributed by atoms with Gasteiger partial charge in [-0.3, -0.25) is 9.59 Å². The summed E-state index contributed by atoms with van der Waals surface area (Å²) in [6.45, 7) is -0.377. The maximum atomic E-state index is 12.3. The average Bonchev–Trinajstić information content (AvgIpc) is 3.09. The van der Waals surface area contributed by atoms with E-state index in [1.54, 1.807) is 12.1 Å². The zero-order valence-electron chi connectivity index (χ0n) is 14.0. The SMILES string of the molecule is O=C1COc2ccc(C(=O)COC(=O)c3cc4c(s3)CCCC4)cc2N1. The van der Waals surface area contributed by atoms with Crippen molar-refractivity contribution in [3.05, 3.63) is 45.1 Å². The lowest BCUT2D eigenvalue weighted by atomic mass is 9.99. The molecule has 6 nitrogen and oxygen atoms in total. The molecule has 0 saturated carbocycles. The first-order valence-corrected chi connectivity index (χ1v) is 9.30. The fraction of sp³-hybridized carbons (Fsp3) is 0.316. The van der Waals surface area contributed by atoms with Gasteiger partial charge in [-0.1, -0.05) is 0 Å². The number of hydrogen-bond acceptors (Lipinski definition) is 6. The Hall–Kier alpha value is -2.67. The molecule has 0 fully saturated rings. The van der Waals surface area contributed by atoms with Crippen molar-refractivity contribution in [3.8, 4) is 5.75 Å². The summed E-state index contributed by atoms with van der Waals surface area (Å²) in [4.78, 5) is 37.7. The van der Waals surface area contributed by atoms with Gasteiger partial charge in [-0.25, -0.2) is 4.79 Å². The van der Waals surface area contributed by atoms with E-state index in [1.165, 1.54) is 27.8 Å². The molecule has 0 bridgehead atoms. The number of hydrogen-bond donors (Lipinski definition) is 1. The molecule has 2 aromatic rings. The molecule has 26 heavy (non-hydrogen) atoms. The smallest absolute Gasteiger partial charge is 0.348 e. The minimum absolute atomic E-state index is 0.0390. The number of amides is 1. The molecule has 0 radical (unpaired) electrons. The second kappa shape index (κ2) is 6.92. The average molecular weight is 371 g/mol. The highest BCUT2D eigenvalue weighted by atomic mass is 32.1. The summed E-state index contributed by atoms with van der Waals surface area (Å²) in [5, 5.41) is 2.65. The number of carbonyl (C=O) groups is 3. The Bertz CT molecular complexity index is 878. The number of carbonyl (C=O) groups excluding carboxylic acids is 3. The van der Waals surface area contributed by atoms with Crippen LogP contribution in [0.3, 0.4) is 0 Å². The molecule has 1 N–H and O–H groups in total. The largest absolute Gasteiger partial charge is 0.482 e. The van der Waals surface area contributed by atoms with Crippen LogP contribution >= 0.6 is 11.3 Å². The molecule has 1 aromatic heterocycles. The van der Waals surface area contributed by atoms with Gasteiger partial charge in [-0.05, 0) is 55.5 Å². The first kappa shape index (κ1) is 16.8. The Morgan fingerprint density at radius 3 is 2.88 bits per heavy atom. The van der Waals surface area contributed by atoms with Gasteiger partial charge < -0.3 is 14.8 Å². The van der Waals surface area contributed by atoms with Gasteiger partial charge in [0, 0.05) is 10.4 Å². The summed E-state index contributed by atoms with van der Waals surface area (Å²) in [5.74, 6) is -0.549. The lowest BCUT2D eigenvalue weighted by Gasteiger charge is -2.18. The second-order valence-electron chi connectivity index (χ2n) is 6.31. The molecule has 1 amide bonds. The number of rotatable bonds is 4. The van der Waals surface area contributed by atoms with Crippen molar-refractivity contribution in [1.29, 1.82) is 0 Å². The number of ketones is 1. The third-order valence-electron chi connectivity index (χ3n) is 4.47. The van der Waals surface area contributed by atoms with Crippen LogP contribution in [0.1, 0.15) is 43.3 Å². The molecule has 2 aliphatic rings. The number of thiophene rings is 1. The number of aryl methyl sites for hydroxylation is 2. The molecule has 1 aliphatic carbocycles. The Balaban J connectivity index is 1.40. The van der Waals surface area contributed by atoms with E-state index in [9.17, 15) is 14.4 Å². The highest BCUT2D eigenvalue weighted by molar-refractivity contribution is 7.14. The summed E-state index contributed by atoms with van der Waals surface area (Å²) >= 11 is 1.46. The minimum atomic E-state index is -0.465. The summed E-state index contributed by atoms with van der Waals surface area (Å²) in [6, 6.07) is 6.64. The van der Waals surface area contributed by atoms with Crippen molar-refractivity contribution < 1.29 is 23.9 Å². The molecule has 0 saturated heterocycles. The molecule has 0 unspecified atom stereocenters. The van der Waals surface area contributed by atoms with Crippen molar-refractivity contribution >= 4 is 34.7 Å². The van der Waals surface area contributed by atoms with Crippen LogP contribution in [0, 0.1) is 0 Å². The Labute approximate surface area is 154 Å². The monoisotopic (exact) mass is 371 g/mol. The van der Waals surface area contributed by atoms with E-state index in [1.807, 2.05) is 6.07 Å². The molecule has 0 atom stereocenters. The van der Waals surface area contributed by atoms with E-state index in [0.717, 1.165) is 25.7 Å². The molecule has 0 spiro atoms. The number of nitrogens with one attached hydrogen (secondary N) is 1.